The van der Waals surface area contributed by atoms with Gasteiger partial charge in [0.15, 0.2) is 0 Å². The number of aryl methyl sites for hydroxylation is 1. The van der Waals surface area contributed by atoms with Crippen LogP contribution in [-0.2, 0) is 11.2 Å². The van der Waals surface area contributed by atoms with Gasteiger partial charge in [-0.2, -0.15) is 0 Å². The molecule has 5 aliphatic rings. The number of piperidine rings is 3. The van der Waals surface area contributed by atoms with Crippen LogP contribution in [0, 0.1) is 11.3 Å². The molecule has 2 atom stereocenters. The number of carbonyl (C=O) groups is 1. The van der Waals surface area contributed by atoms with Gasteiger partial charge in [0, 0.05) is 6.54 Å². The van der Waals surface area contributed by atoms with Crippen LogP contribution in [0.2, 0.25) is 0 Å². The number of rotatable bonds is 6. The molecule has 2 aromatic rings. The fraction of sp³-hybridized carbons (Fsp3) is 0.552. The lowest BCUT2D eigenvalue weighted by molar-refractivity contribution is -0.0347. The maximum Gasteiger partial charge on any atom is 0.407 e. The molecule has 5 heteroatoms. The monoisotopic (exact) mass is 460 g/mol. The molecule has 5 nitrogen and oxygen atoms in total. The molecule has 3 saturated heterocycles. The van der Waals surface area contributed by atoms with Gasteiger partial charge in [0.1, 0.15) is 11.9 Å². The van der Waals surface area contributed by atoms with E-state index in [4.69, 9.17) is 9.47 Å². The molecule has 3 heterocycles. The summed E-state index contributed by atoms with van der Waals surface area (Å²) in [5.41, 5.74) is 5.28. The minimum Gasteiger partial charge on any atom is -0.494 e. The van der Waals surface area contributed by atoms with Crippen molar-refractivity contribution in [3.05, 3.63) is 53.6 Å². The van der Waals surface area contributed by atoms with Crippen molar-refractivity contribution in [2.24, 2.45) is 11.3 Å². The highest BCUT2D eigenvalue weighted by molar-refractivity contribution is 5.70. The Bertz CT molecular complexity index is 1040. The van der Waals surface area contributed by atoms with Crippen molar-refractivity contribution < 1.29 is 14.3 Å². The summed E-state index contributed by atoms with van der Waals surface area (Å²) in [7, 11) is 0. The number of nitrogens with zero attached hydrogens (tertiary/aromatic N) is 1. The minimum atomic E-state index is -0.227. The summed E-state index contributed by atoms with van der Waals surface area (Å²) in [6, 6.07) is 15.2. The fourth-order valence-corrected chi connectivity index (χ4v) is 6.37. The molecule has 3 aliphatic heterocycles. The van der Waals surface area contributed by atoms with E-state index in [1.807, 2.05) is 0 Å². The highest BCUT2D eigenvalue weighted by Crippen LogP contribution is 2.61. The first kappa shape index (κ1) is 22.0. The highest BCUT2D eigenvalue weighted by atomic mass is 16.6. The molecule has 1 unspecified atom stereocenters. The van der Waals surface area contributed by atoms with E-state index in [2.05, 4.69) is 59.6 Å². The van der Waals surface area contributed by atoms with Gasteiger partial charge in [-0.3, -0.25) is 4.90 Å². The van der Waals surface area contributed by atoms with E-state index in [-0.39, 0.29) is 23.7 Å². The number of alkyl carbamates (subject to hydrolysis) is 1. The van der Waals surface area contributed by atoms with Gasteiger partial charge < -0.3 is 14.8 Å². The maximum atomic E-state index is 13.0. The molecule has 2 bridgehead atoms. The Morgan fingerprint density at radius 1 is 1.06 bits per heavy atom. The van der Waals surface area contributed by atoms with Crippen LogP contribution in [0.3, 0.4) is 0 Å². The number of hydrogen-bond donors (Lipinski definition) is 1. The van der Waals surface area contributed by atoms with E-state index >= 15 is 0 Å². The van der Waals surface area contributed by atoms with Crippen molar-refractivity contribution in [2.45, 2.75) is 64.0 Å². The van der Waals surface area contributed by atoms with E-state index in [0.29, 0.717) is 5.92 Å². The predicted molar refractivity (Wildman–Crippen MR) is 133 cm³/mol. The second-order valence-electron chi connectivity index (χ2n) is 10.8. The van der Waals surface area contributed by atoms with Crippen LogP contribution in [0.4, 0.5) is 4.79 Å². The third kappa shape index (κ3) is 4.19. The van der Waals surface area contributed by atoms with Crippen LogP contribution < -0.4 is 10.1 Å². The van der Waals surface area contributed by atoms with Crippen molar-refractivity contribution in [1.82, 2.24) is 10.2 Å². The lowest BCUT2D eigenvalue weighted by Crippen LogP contribution is -2.53. The summed E-state index contributed by atoms with van der Waals surface area (Å²) in [5, 5.41) is 3.32. The Hall–Kier alpha value is -2.53. The molecule has 2 aromatic carbocycles. The van der Waals surface area contributed by atoms with Crippen molar-refractivity contribution in [3.63, 3.8) is 0 Å². The SMILES string of the molecule is CCCOc1ccc(-c2ccc3c(c2)CCC2(CC2)C3NC(=O)O[C@H]2CN3CCC2CC3)cc1. The van der Waals surface area contributed by atoms with Gasteiger partial charge in [-0.25, -0.2) is 4.79 Å². The Labute approximate surface area is 202 Å². The standard InChI is InChI=1S/C29H36N2O3/c1-2-17-33-24-6-3-20(4-7-24)22-5-8-25-23(18-22)9-12-29(13-14-29)27(25)30-28(32)34-26-19-31-15-10-21(26)11-16-31/h3-8,18,21,26-27H,2,9-17,19H2,1H3,(H,30,32)/t26-,27?/m0/s1. The summed E-state index contributed by atoms with van der Waals surface area (Å²) in [6.07, 6.45) is 7.74. The van der Waals surface area contributed by atoms with Gasteiger partial charge in [-0.15, -0.1) is 0 Å². The number of carbonyl (C=O) groups excluding carboxylic acids is 1. The number of amides is 1. The molecule has 2 aliphatic carbocycles. The number of ether oxygens (including phenoxy) is 2. The third-order valence-corrected chi connectivity index (χ3v) is 8.63. The number of nitrogens with one attached hydrogen (secondary N) is 1. The lowest BCUT2D eigenvalue weighted by atomic mass is 9.76. The van der Waals surface area contributed by atoms with E-state index < -0.39 is 0 Å². The summed E-state index contributed by atoms with van der Waals surface area (Å²) in [4.78, 5) is 15.4. The van der Waals surface area contributed by atoms with E-state index in [1.54, 1.807) is 0 Å². The summed E-state index contributed by atoms with van der Waals surface area (Å²) >= 11 is 0. The summed E-state index contributed by atoms with van der Waals surface area (Å²) in [6.45, 7) is 6.07. The summed E-state index contributed by atoms with van der Waals surface area (Å²) in [5.74, 6) is 1.45. The first-order chi connectivity index (χ1) is 16.6. The van der Waals surface area contributed by atoms with Gasteiger partial charge in [0.25, 0.3) is 0 Å². The smallest absolute Gasteiger partial charge is 0.407 e. The molecular weight excluding hydrogens is 424 g/mol. The van der Waals surface area contributed by atoms with Crippen molar-refractivity contribution in [2.75, 3.05) is 26.2 Å². The second-order valence-corrected chi connectivity index (χ2v) is 10.8. The first-order valence-electron chi connectivity index (χ1n) is 13.2. The zero-order valence-corrected chi connectivity index (χ0v) is 20.2. The normalized spacial score (nSPS) is 28.3. The molecule has 34 heavy (non-hydrogen) atoms. The van der Waals surface area contributed by atoms with Crippen LogP contribution in [0.5, 0.6) is 5.75 Å². The van der Waals surface area contributed by atoms with Crippen molar-refractivity contribution in [1.29, 1.82) is 0 Å². The highest BCUT2D eigenvalue weighted by Gasteiger charge is 2.53. The number of benzene rings is 2. The predicted octanol–water partition coefficient (Wildman–Crippen LogP) is 5.73. The van der Waals surface area contributed by atoms with E-state index in [1.165, 1.54) is 35.1 Å². The quantitative estimate of drug-likeness (QED) is 0.598. The van der Waals surface area contributed by atoms with Crippen LogP contribution in [0.25, 0.3) is 11.1 Å². The molecule has 0 aromatic heterocycles. The topological polar surface area (TPSA) is 50.8 Å². The molecule has 180 valence electrons. The van der Waals surface area contributed by atoms with Gasteiger partial charge in [0.2, 0.25) is 0 Å². The average molecular weight is 461 g/mol. The molecule has 0 radical (unpaired) electrons. The van der Waals surface area contributed by atoms with Crippen LogP contribution in [0.1, 0.15) is 62.6 Å². The second kappa shape index (κ2) is 8.92. The van der Waals surface area contributed by atoms with Crippen LogP contribution in [0.15, 0.2) is 42.5 Å². The van der Waals surface area contributed by atoms with Crippen LogP contribution in [-0.4, -0.2) is 43.3 Å². The van der Waals surface area contributed by atoms with Gasteiger partial charge in [0.05, 0.1) is 12.6 Å². The molecule has 1 N–H and O–H groups in total. The maximum absolute atomic E-state index is 13.0. The molecule has 1 amide bonds. The van der Waals surface area contributed by atoms with Gasteiger partial charge in [-0.05, 0) is 104 Å². The fourth-order valence-electron chi connectivity index (χ4n) is 6.37. The molecule has 4 fully saturated rings. The van der Waals surface area contributed by atoms with Crippen LogP contribution >= 0.6 is 0 Å². The molecular formula is C29H36N2O3. The Morgan fingerprint density at radius 3 is 2.50 bits per heavy atom. The number of fused-ring (bicyclic) bond motifs is 4. The van der Waals surface area contributed by atoms with Crippen molar-refractivity contribution in [3.8, 4) is 16.9 Å². The van der Waals surface area contributed by atoms with Gasteiger partial charge >= 0.3 is 6.09 Å². The lowest BCUT2D eigenvalue weighted by Gasteiger charge is -2.44. The average Bonchev–Trinajstić information content (AvgIpc) is 3.66. The Balaban J connectivity index is 1.18. The molecule has 1 spiro atoms. The van der Waals surface area contributed by atoms with Crippen molar-refractivity contribution >= 4 is 6.09 Å². The van der Waals surface area contributed by atoms with Gasteiger partial charge in [-0.1, -0.05) is 37.3 Å². The summed E-state index contributed by atoms with van der Waals surface area (Å²) < 4.78 is 11.7. The van der Waals surface area contributed by atoms with E-state index in [0.717, 1.165) is 64.1 Å². The Morgan fingerprint density at radius 2 is 1.82 bits per heavy atom. The first-order valence-corrected chi connectivity index (χ1v) is 13.2. The minimum absolute atomic E-state index is 0.0485. The zero-order chi connectivity index (χ0) is 23.1. The third-order valence-electron chi connectivity index (χ3n) is 8.63. The Kier molecular flexibility index (Phi) is 5.76. The molecule has 7 rings (SSSR count). The zero-order valence-electron chi connectivity index (χ0n) is 20.2. The molecule has 1 saturated carbocycles. The number of hydrogen-bond acceptors (Lipinski definition) is 4. The largest absolute Gasteiger partial charge is 0.494 e. The van der Waals surface area contributed by atoms with E-state index in [9.17, 15) is 4.79 Å².